The van der Waals surface area contributed by atoms with Gasteiger partial charge in [-0.25, -0.2) is 17.2 Å². The van der Waals surface area contributed by atoms with Crippen molar-refractivity contribution in [3.05, 3.63) is 51.5 Å². The molecule has 21 heavy (non-hydrogen) atoms. The number of hydrogen-bond acceptors (Lipinski definition) is 3. The van der Waals surface area contributed by atoms with Crippen LogP contribution in [0.3, 0.4) is 0 Å². The van der Waals surface area contributed by atoms with Crippen molar-refractivity contribution in [2.45, 2.75) is 4.90 Å². The van der Waals surface area contributed by atoms with Gasteiger partial charge in [-0.05, 0) is 46.3 Å². The molecule has 2 rings (SSSR count). The molecular weight excluding hydrogens is 390 g/mol. The normalized spacial score (nSPS) is 11.4. The summed E-state index contributed by atoms with van der Waals surface area (Å²) in [5.74, 6) is -2.84. The van der Waals surface area contributed by atoms with Gasteiger partial charge in [0.1, 0.15) is 4.90 Å². The Kier molecular flexibility index (Phi) is 4.40. The third kappa shape index (κ3) is 3.45. The maximum absolute atomic E-state index is 13.6. The van der Waals surface area contributed by atoms with E-state index in [1.165, 1.54) is 18.2 Å². The summed E-state index contributed by atoms with van der Waals surface area (Å²) in [5, 5.41) is 0.374. The van der Waals surface area contributed by atoms with Crippen molar-refractivity contribution in [2.24, 2.45) is 0 Å². The number of anilines is 2. The topological polar surface area (TPSA) is 72.2 Å². The summed E-state index contributed by atoms with van der Waals surface area (Å²) in [5.41, 5.74) is 5.27. The molecule has 0 bridgehead atoms. The maximum atomic E-state index is 13.6. The van der Waals surface area contributed by atoms with E-state index >= 15 is 0 Å². The number of nitrogens with one attached hydrogen (secondary N) is 1. The Morgan fingerprint density at radius 3 is 2.48 bits per heavy atom. The quantitative estimate of drug-likeness (QED) is 0.775. The Hall–Kier alpha value is -1.38. The van der Waals surface area contributed by atoms with Gasteiger partial charge in [-0.2, -0.15) is 0 Å². The predicted octanol–water partition coefficient (Wildman–Crippen LogP) is 3.76. The minimum absolute atomic E-state index is 0.133. The standard InChI is InChI=1S/C12H8BrClF2N2O2S/c13-8-5-7(1-2-9(8)14)18-21(19,20)11-4-6(17)3-10(15)12(11)16/h1-5,18H,17H2. The number of benzene rings is 2. The van der Waals surface area contributed by atoms with Crippen LogP contribution < -0.4 is 10.5 Å². The second-order valence-corrected chi connectivity index (χ2v) is 6.96. The van der Waals surface area contributed by atoms with Crippen LogP contribution in [0.2, 0.25) is 5.02 Å². The number of rotatable bonds is 3. The molecule has 0 aliphatic carbocycles. The summed E-state index contributed by atoms with van der Waals surface area (Å²) in [7, 11) is -4.33. The number of nitrogen functional groups attached to an aromatic ring is 1. The Labute approximate surface area is 133 Å². The monoisotopic (exact) mass is 396 g/mol. The van der Waals surface area contributed by atoms with E-state index in [9.17, 15) is 17.2 Å². The van der Waals surface area contributed by atoms with E-state index in [1.807, 2.05) is 0 Å². The largest absolute Gasteiger partial charge is 0.399 e. The molecule has 0 heterocycles. The number of halogens is 4. The smallest absolute Gasteiger partial charge is 0.265 e. The number of nitrogens with two attached hydrogens (primary N) is 1. The van der Waals surface area contributed by atoms with Crippen LogP contribution >= 0.6 is 27.5 Å². The zero-order valence-electron chi connectivity index (χ0n) is 10.2. The molecule has 2 aromatic rings. The van der Waals surface area contributed by atoms with E-state index in [0.717, 1.165) is 6.07 Å². The van der Waals surface area contributed by atoms with Crippen molar-refractivity contribution < 1.29 is 17.2 Å². The average molecular weight is 398 g/mol. The highest BCUT2D eigenvalue weighted by Crippen LogP contribution is 2.28. The summed E-state index contributed by atoms with van der Waals surface area (Å²) < 4.78 is 53.7. The first-order valence-electron chi connectivity index (χ1n) is 5.43. The highest BCUT2D eigenvalue weighted by atomic mass is 79.9. The molecule has 0 radical (unpaired) electrons. The summed E-state index contributed by atoms with van der Waals surface area (Å²) in [4.78, 5) is -0.869. The van der Waals surface area contributed by atoms with E-state index in [4.69, 9.17) is 17.3 Å². The molecule has 0 aliphatic rings. The SMILES string of the molecule is Nc1cc(F)c(F)c(S(=O)(=O)Nc2ccc(Cl)c(Br)c2)c1. The van der Waals surface area contributed by atoms with Gasteiger partial charge in [0.15, 0.2) is 11.6 Å². The van der Waals surface area contributed by atoms with Gasteiger partial charge in [0.25, 0.3) is 10.0 Å². The lowest BCUT2D eigenvalue weighted by Gasteiger charge is -2.10. The molecule has 0 aromatic heterocycles. The number of hydrogen-bond donors (Lipinski definition) is 2. The summed E-state index contributed by atoms with van der Waals surface area (Å²) in [6.07, 6.45) is 0. The molecule has 2 aromatic carbocycles. The first-order chi connectivity index (χ1) is 9.70. The van der Waals surface area contributed by atoms with Crippen molar-refractivity contribution in [3.63, 3.8) is 0 Å². The lowest BCUT2D eigenvalue weighted by atomic mass is 10.3. The molecular formula is C12H8BrClF2N2O2S. The van der Waals surface area contributed by atoms with E-state index < -0.39 is 26.6 Å². The molecule has 0 aliphatic heterocycles. The summed E-state index contributed by atoms with van der Waals surface area (Å²) in [6.45, 7) is 0. The minimum atomic E-state index is -4.33. The van der Waals surface area contributed by atoms with Crippen molar-refractivity contribution in [1.82, 2.24) is 0 Å². The fourth-order valence-corrected chi connectivity index (χ4v) is 3.22. The van der Waals surface area contributed by atoms with Crippen molar-refractivity contribution in [1.29, 1.82) is 0 Å². The van der Waals surface area contributed by atoms with E-state index in [1.54, 1.807) is 0 Å². The number of sulfonamides is 1. The summed E-state index contributed by atoms with van der Waals surface area (Å²) in [6, 6.07) is 5.75. The third-order valence-corrected chi connectivity index (χ3v) is 5.07. The van der Waals surface area contributed by atoms with Crippen LogP contribution in [0, 0.1) is 11.6 Å². The van der Waals surface area contributed by atoms with Gasteiger partial charge >= 0.3 is 0 Å². The highest BCUT2D eigenvalue weighted by molar-refractivity contribution is 9.10. The molecule has 112 valence electrons. The molecule has 0 saturated heterocycles. The third-order valence-electron chi connectivity index (χ3n) is 2.48. The van der Waals surface area contributed by atoms with Gasteiger partial charge in [0, 0.05) is 10.2 Å². The molecule has 0 spiro atoms. The second-order valence-electron chi connectivity index (χ2n) is 4.05. The molecule has 3 N–H and O–H groups in total. The molecule has 9 heteroatoms. The Balaban J connectivity index is 2.45. The van der Waals surface area contributed by atoms with Gasteiger partial charge in [0.05, 0.1) is 10.7 Å². The van der Waals surface area contributed by atoms with Gasteiger partial charge in [-0.3, -0.25) is 4.72 Å². The van der Waals surface area contributed by atoms with E-state index in [0.29, 0.717) is 15.6 Å². The van der Waals surface area contributed by atoms with Crippen LogP contribution in [0.5, 0.6) is 0 Å². The second kappa shape index (κ2) is 5.78. The van der Waals surface area contributed by atoms with Crippen LogP contribution in [0.25, 0.3) is 0 Å². The van der Waals surface area contributed by atoms with E-state index in [-0.39, 0.29) is 11.4 Å². The van der Waals surface area contributed by atoms with Crippen LogP contribution in [0.15, 0.2) is 39.7 Å². The highest BCUT2D eigenvalue weighted by Gasteiger charge is 2.23. The van der Waals surface area contributed by atoms with Crippen molar-refractivity contribution >= 4 is 48.9 Å². The zero-order chi connectivity index (χ0) is 15.8. The van der Waals surface area contributed by atoms with Crippen molar-refractivity contribution in [2.75, 3.05) is 10.5 Å². The van der Waals surface area contributed by atoms with Crippen LogP contribution in [0.1, 0.15) is 0 Å². The Morgan fingerprint density at radius 2 is 1.86 bits per heavy atom. The molecule has 4 nitrogen and oxygen atoms in total. The predicted molar refractivity (Wildman–Crippen MR) is 80.7 cm³/mol. The first-order valence-corrected chi connectivity index (χ1v) is 8.08. The van der Waals surface area contributed by atoms with Crippen molar-refractivity contribution in [3.8, 4) is 0 Å². The minimum Gasteiger partial charge on any atom is -0.399 e. The van der Waals surface area contributed by atoms with Gasteiger partial charge < -0.3 is 5.73 Å². The fraction of sp³-hybridized carbons (Fsp3) is 0. The van der Waals surface area contributed by atoms with Gasteiger partial charge in [0.2, 0.25) is 0 Å². The first kappa shape index (κ1) is 16.0. The zero-order valence-corrected chi connectivity index (χ0v) is 13.4. The molecule has 0 fully saturated rings. The summed E-state index contributed by atoms with van der Waals surface area (Å²) >= 11 is 8.91. The Bertz CT molecular complexity index is 815. The van der Waals surface area contributed by atoms with Crippen LogP contribution in [-0.2, 0) is 10.0 Å². The fourth-order valence-electron chi connectivity index (χ4n) is 1.55. The van der Waals surface area contributed by atoms with Gasteiger partial charge in [-0.15, -0.1) is 0 Å². The lowest BCUT2D eigenvalue weighted by molar-refractivity contribution is 0.486. The Morgan fingerprint density at radius 1 is 1.19 bits per heavy atom. The molecule has 0 unspecified atom stereocenters. The molecule has 0 amide bonds. The average Bonchev–Trinajstić information content (AvgIpc) is 2.37. The van der Waals surface area contributed by atoms with Gasteiger partial charge in [-0.1, -0.05) is 11.6 Å². The van der Waals surface area contributed by atoms with Crippen LogP contribution in [-0.4, -0.2) is 8.42 Å². The van der Waals surface area contributed by atoms with Crippen LogP contribution in [0.4, 0.5) is 20.2 Å². The maximum Gasteiger partial charge on any atom is 0.265 e. The molecule has 0 saturated carbocycles. The lowest BCUT2D eigenvalue weighted by Crippen LogP contribution is -2.16. The molecule has 0 atom stereocenters. The van der Waals surface area contributed by atoms with E-state index in [2.05, 4.69) is 20.7 Å².